The molecule has 134 valence electrons. The number of ether oxygens (including phenoxy) is 3. The van der Waals surface area contributed by atoms with Crippen LogP contribution in [0.4, 0.5) is 5.69 Å². The van der Waals surface area contributed by atoms with E-state index in [9.17, 15) is 4.79 Å². The molecule has 0 atom stereocenters. The van der Waals surface area contributed by atoms with Crippen LogP contribution in [0.2, 0.25) is 0 Å². The van der Waals surface area contributed by atoms with Crippen molar-refractivity contribution in [2.24, 2.45) is 0 Å². The molecular weight excluding hydrogens is 332 g/mol. The van der Waals surface area contributed by atoms with Crippen molar-refractivity contribution >= 4 is 17.7 Å². The highest BCUT2D eigenvalue weighted by Gasteiger charge is 2.05. The highest BCUT2D eigenvalue weighted by molar-refractivity contribution is 6.02. The Kier molecular flexibility index (Phi) is 7.22. The second-order valence-electron chi connectivity index (χ2n) is 5.31. The van der Waals surface area contributed by atoms with Crippen molar-refractivity contribution in [3.63, 3.8) is 0 Å². The average molecular weight is 352 g/mol. The van der Waals surface area contributed by atoms with E-state index in [1.165, 1.54) is 13.2 Å². The third-order valence-electron chi connectivity index (χ3n) is 3.41. The maximum atomic E-state index is 12.1. The van der Waals surface area contributed by atoms with Gasteiger partial charge in [-0.2, -0.15) is 5.26 Å². The first-order valence-electron chi connectivity index (χ1n) is 7.91. The van der Waals surface area contributed by atoms with Crippen molar-refractivity contribution in [2.45, 2.75) is 6.61 Å². The van der Waals surface area contributed by atoms with Crippen molar-refractivity contribution in [3.05, 3.63) is 59.7 Å². The molecule has 0 heterocycles. The summed E-state index contributed by atoms with van der Waals surface area (Å²) in [5.74, 6) is 0.726. The molecule has 0 fully saturated rings. The minimum Gasteiger partial charge on any atom is -0.493 e. The molecule has 0 aliphatic heterocycles. The molecule has 2 aromatic carbocycles. The van der Waals surface area contributed by atoms with Crippen molar-refractivity contribution in [2.75, 3.05) is 26.1 Å². The SMILES string of the molecule is COCc1cccc(NC(=O)/C=C/c2ccc(OCC#N)c(OC)c2)c1. The van der Waals surface area contributed by atoms with Gasteiger partial charge in [0.1, 0.15) is 6.07 Å². The number of methoxy groups -OCH3 is 2. The minimum atomic E-state index is -0.247. The summed E-state index contributed by atoms with van der Waals surface area (Å²) in [6.45, 7) is 0.426. The molecule has 0 saturated heterocycles. The van der Waals surface area contributed by atoms with Gasteiger partial charge in [-0.25, -0.2) is 0 Å². The van der Waals surface area contributed by atoms with Crippen LogP contribution in [0.3, 0.4) is 0 Å². The maximum Gasteiger partial charge on any atom is 0.248 e. The number of amides is 1. The Bertz CT molecular complexity index is 825. The van der Waals surface area contributed by atoms with E-state index in [0.717, 1.165) is 11.1 Å². The molecule has 0 saturated carbocycles. The molecule has 0 aliphatic carbocycles. The van der Waals surface area contributed by atoms with Crippen LogP contribution in [0.5, 0.6) is 11.5 Å². The van der Waals surface area contributed by atoms with E-state index < -0.39 is 0 Å². The van der Waals surface area contributed by atoms with Crippen molar-refractivity contribution in [1.29, 1.82) is 5.26 Å². The third kappa shape index (κ3) is 5.65. The number of anilines is 1. The number of nitrogens with one attached hydrogen (secondary N) is 1. The zero-order chi connectivity index (χ0) is 18.8. The number of hydrogen-bond acceptors (Lipinski definition) is 5. The number of nitrogens with zero attached hydrogens (tertiary/aromatic N) is 1. The second-order valence-corrected chi connectivity index (χ2v) is 5.31. The first-order chi connectivity index (χ1) is 12.7. The number of hydrogen-bond donors (Lipinski definition) is 1. The standard InChI is InChI=1S/C20H20N2O4/c1-24-14-16-4-3-5-17(12-16)22-20(23)9-7-15-6-8-18(26-11-10-21)19(13-15)25-2/h3-9,12-13H,11,14H2,1-2H3,(H,22,23)/b9-7+. The van der Waals surface area contributed by atoms with E-state index in [2.05, 4.69) is 5.32 Å². The van der Waals surface area contributed by atoms with Gasteiger partial charge in [0.05, 0.1) is 13.7 Å². The lowest BCUT2D eigenvalue weighted by atomic mass is 10.2. The van der Waals surface area contributed by atoms with E-state index in [-0.39, 0.29) is 12.5 Å². The van der Waals surface area contributed by atoms with E-state index >= 15 is 0 Å². The molecule has 26 heavy (non-hydrogen) atoms. The summed E-state index contributed by atoms with van der Waals surface area (Å²) in [5.41, 5.74) is 2.45. The fourth-order valence-electron chi connectivity index (χ4n) is 2.28. The predicted octanol–water partition coefficient (Wildman–Crippen LogP) is 3.40. The molecule has 0 aliphatic rings. The normalized spacial score (nSPS) is 10.3. The zero-order valence-electron chi connectivity index (χ0n) is 14.7. The lowest BCUT2D eigenvalue weighted by Crippen LogP contribution is -2.08. The van der Waals surface area contributed by atoms with Crippen LogP contribution in [0.25, 0.3) is 6.08 Å². The summed E-state index contributed by atoms with van der Waals surface area (Å²) in [6, 6.07) is 14.6. The van der Waals surface area contributed by atoms with Crippen LogP contribution >= 0.6 is 0 Å². The van der Waals surface area contributed by atoms with Gasteiger partial charge >= 0.3 is 0 Å². The summed E-state index contributed by atoms with van der Waals surface area (Å²) in [4.78, 5) is 12.1. The summed E-state index contributed by atoms with van der Waals surface area (Å²) < 4.78 is 15.6. The van der Waals surface area contributed by atoms with Gasteiger partial charge in [-0.1, -0.05) is 18.2 Å². The topological polar surface area (TPSA) is 80.6 Å². The van der Waals surface area contributed by atoms with Crippen LogP contribution in [0.15, 0.2) is 48.5 Å². The Balaban J connectivity index is 2.03. The highest BCUT2D eigenvalue weighted by atomic mass is 16.5. The number of nitriles is 1. The molecule has 6 heteroatoms. The molecule has 1 N–H and O–H groups in total. The van der Waals surface area contributed by atoms with Gasteiger partial charge in [-0.15, -0.1) is 0 Å². The van der Waals surface area contributed by atoms with Crippen molar-refractivity contribution in [1.82, 2.24) is 0 Å². The number of benzene rings is 2. The number of carbonyl (C=O) groups excluding carboxylic acids is 1. The van der Waals surface area contributed by atoms with Gasteiger partial charge in [0.15, 0.2) is 18.1 Å². The second kappa shape index (κ2) is 9.87. The van der Waals surface area contributed by atoms with Crippen LogP contribution in [0.1, 0.15) is 11.1 Å². The molecule has 0 bridgehead atoms. The zero-order valence-corrected chi connectivity index (χ0v) is 14.7. The summed E-state index contributed by atoms with van der Waals surface area (Å²) >= 11 is 0. The molecule has 1 amide bonds. The first-order valence-corrected chi connectivity index (χ1v) is 7.91. The van der Waals surface area contributed by atoms with Gasteiger partial charge in [0.2, 0.25) is 5.91 Å². The first kappa shape index (κ1) is 19.0. The molecule has 2 aromatic rings. The molecule has 0 unspecified atom stereocenters. The molecule has 0 spiro atoms. The lowest BCUT2D eigenvalue weighted by molar-refractivity contribution is -0.111. The van der Waals surface area contributed by atoms with E-state index in [0.29, 0.717) is 23.8 Å². The Morgan fingerprint density at radius 3 is 2.77 bits per heavy atom. The predicted molar refractivity (Wildman–Crippen MR) is 98.9 cm³/mol. The van der Waals surface area contributed by atoms with Crippen LogP contribution in [-0.4, -0.2) is 26.7 Å². The molecule has 6 nitrogen and oxygen atoms in total. The lowest BCUT2D eigenvalue weighted by Gasteiger charge is -2.09. The third-order valence-corrected chi connectivity index (χ3v) is 3.41. The highest BCUT2D eigenvalue weighted by Crippen LogP contribution is 2.28. The molecule has 2 rings (SSSR count). The minimum absolute atomic E-state index is 0.0594. The van der Waals surface area contributed by atoms with E-state index in [4.69, 9.17) is 19.5 Å². The van der Waals surface area contributed by atoms with Gasteiger partial charge < -0.3 is 19.5 Å². The monoisotopic (exact) mass is 352 g/mol. The fourth-order valence-corrected chi connectivity index (χ4v) is 2.28. The Morgan fingerprint density at radius 1 is 1.19 bits per heavy atom. The van der Waals surface area contributed by atoms with Crippen molar-refractivity contribution in [3.8, 4) is 17.6 Å². The van der Waals surface area contributed by atoms with E-state index in [1.54, 1.807) is 31.4 Å². The molecule has 0 radical (unpaired) electrons. The number of rotatable bonds is 8. The Hall–Kier alpha value is -3.30. The smallest absolute Gasteiger partial charge is 0.248 e. The Morgan fingerprint density at radius 2 is 2.04 bits per heavy atom. The maximum absolute atomic E-state index is 12.1. The van der Waals surface area contributed by atoms with Crippen LogP contribution < -0.4 is 14.8 Å². The quantitative estimate of drug-likeness (QED) is 0.737. The van der Waals surface area contributed by atoms with Gasteiger partial charge in [-0.05, 0) is 41.5 Å². The summed E-state index contributed by atoms with van der Waals surface area (Å²) in [6.07, 6.45) is 3.11. The summed E-state index contributed by atoms with van der Waals surface area (Å²) in [5, 5.41) is 11.4. The largest absolute Gasteiger partial charge is 0.493 e. The summed E-state index contributed by atoms with van der Waals surface area (Å²) in [7, 11) is 3.14. The van der Waals surface area contributed by atoms with E-state index in [1.807, 2.05) is 30.3 Å². The van der Waals surface area contributed by atoms with Crippen LogP contribution in [0, 0.1) is 11.3 Å². The van der Waals surface area contributed by atoms with Gasteiger partial charge in [0, 0.05) is 18.9 Å². The Labute approximate surface area is 152 Å². The fraction of sp³-hybridized carbons (Fsp3) is 0.200. The van der Waals surface area contributed by atoms with Crippen molar-refractivity contribution < 1.29 is 19.0 Å². The average Bonchev–Trinajstić information content (AvgIpc) is 2.65. The molecule has 0 aromatic heterocycles. The van der Waals surface area contributed by atoms with Gasteiger partial charge in [0.25, 0.3) is 0 Å². The van der Waals surface area contributed by atoms with Gasteiger partial charge in [-0.3, -0.25) is 4.79 Å². The number of carbonyl (C=O) groups is 1. The molecular formula is C20H20N2O4. The van der Waals surface area contributed by atoms with Crippen LogP contribution in [-0.2, 0) is 16.1 Å².